The first-order valence-electron chi connectivity index (χ1n) is 6.49. The summed E-state index contributed by atoms with van der Waals surface area (Å²) in [6.07, 6.45) is 5.36. The average molecular weight is 270 g/mol. The smallest absolute Gasteiger partial charge is 0.150 e. The molecule has 4 heteroatoms. The van der Waals surface area contributed by atoms with E-state index in [1.807, 2.05) is 11.8 Å². The lowest BCUT2D eigenvalue weighted by Gasteiger charge is -2.34. The van der Waals surface area contributed by atoms with Crippen LogP contribution in [0, 0.1) is 12.8 Å². The Morgan fingerprint density at radius 3 is 2.94 bits per heavy atom. The molecule has 1 aliphatic carbocycles. The molecule has 1 heterocycles. The number of rotatable bonds is 4. The van der Waals surface area contributed by atoms with Crippen LogP contribution >= 0.6 is 23.1 Å². The predicted octanol–water partition coefficient (Wildman–Crippen LogP) is 3.71. The third-order valence-corrected chi connectivity index (χ3v) is 6.14. The van der Waals surface area contributed by atoms with Crippen LogP contribution in [-0.2, 0) is 0 Å². The van der Waals surface area contributed by atoms with E-state index >= 15 is 0 Å². The molecule has 0 aromatic carbocycles. The van der Waals surface area contributed by atoms with Crippen LogP contribution < -0.4 is 5.32 Å². The molecule has 1 aromatic rings. The Labute approximate surface area is 113 Å². The lowest BCUT2D eigenvalue weighted by Crippen LogP contribution is -2.40. The van der Waals surface area contributed by atoms with E-state index in [-0.39, 0.29) is 0 Å². The molecule has 2 nitrogen and oxygen atoms in total. The fraction of sp³-hybridized carbons (Fsp3) is 0.769. The second kappa shape index (κ2) is 6.21. The van der Waals surface area contributed by atoms with Gasteiger partial charge in [0, 0.05) is 22.4 Å². The zero-order valence-electron chi connectivity index (χ0n) is 10.9. The maximum absolute atomic E-state index is 4.58. The number of thioether (sulfide) groups is 1. The summed E-state index contributed by atoms with van der Waals surface area (Å²) in [5.41, 5.74) is 1.15. The predicted molar refractivity (Wildman–Crippen MR) is 77.0 cm³/mol. The minimum Gasteiger partial charge on any atom is -0.316 e. The molecule has 1 fully saturated rings. The first kappa shape index (κ1) is 13.4. The van der Waals surface area contributed by atoms with Crippen molar-refractivity contribution in [3.63, 3.8) is 0 Å². The van der Waals surface area contributed by atoms with Crippen molar-refractivity contribution in [2.24, 2.45) is 5.92 Å². The molecule has 1 aliphatic rings. The van der Waals surface area contributed by atoms with Gasteiger partial charge < -0.3 is 5.32 Å². The SMILES string of the molecule is CCC1CCC(NC)C(Sc2nc(C)cs2)C1. The third-order valence-electron chi connectivity index (χ3n) is 3.70. The van der Waals surface area contributed by atoms with Gasteiger partial charge in [0.15, 0.2) is 0 Å². The van der Waals surface area contributed by atoms with Crippen molar-refractivity contribution in [2.75, 3.05) is 7.05 Å². The van der Waals surface area contributed by atoms with Crippen molar-refractivity contribution in [3.8, 4) is 0 Å². The molecule has 96 valence electrons. The highest BCUT2D eigenvalue weighted by Gasteiger charge is 2.30. The molecule has 0 saturated heterocycles. The van der Waals surface area contributed by atoms with Gasteiger partial charge in [-0.3, -0.25) is 0 Å². The quantitative estimate of drug-likeness (QED) is 0.903. The van der Waals surface area contributed by atoms with Crippen molar-refractivity contribution in [3.05, 3.63) is 11.1 Å². The van der Waals surface area contributed by atoms with Gasteiger partial charge in [-0.1, -0.05) is 25.1 Å². The third kappa shape index (κ3) is 3.46. The number of aromatic nitrogens is 1. The highest BCUT2D eigenvalue weighted by molar-refractivity contribution is 8.01. The van der Waals surface area contributed by atoms with Gasteiger partial charge in [0.25, 0.3) is 0 Å². The Balaban J connectivity index is 2.00. The minimum atomic E-state index is 0.659. The standard InChI is InChI=1S/C13H22N2S2/c1-4-10-5-6-11(14-3)12(7-10)17-13-15-9(2)8-16-13/h8,10-12,14H,4-7H2,1-3H3. The number of nitrogens with zero attached hydrogens (tertiary/aromatic N) is 1. The molecule has 0 spiro atoms. The largest absolute Gasteiger partial charge is 0.316 e. The van der Waals surface area contributed by atoms with Crippen molar-refractivity contribution in [1.29, 1.82) is 0 Å². The molecule has 1 saturated carbocycles. The minimum absolute atomic E-state index is 0.659. The molecule has 3 unspecified atom stereocenters. The van der Waals surface area contributed by atoms with E-state index in [9.17, 15) is 0 Å². The van der Waals surface area contributed by atoms with Crippen LogP contribution in [0.25, 0.3) is 0 Å². The fourth-order valence-electron chi connectivity index (χ4n) is 2.56. The topological polar surface area (TPSA) is 24.9 Å². The van der Waals surface area contributed by atoms with Crippen LogP contribution in [0.5, 0.6) is 0 Å². The van der Waals surface area contributed by atoms with Gasteiger partial charge >= 0.3 is 0 Å². The maximum Gasteiger partial charge on any atom is 0.150 e. The Bertz CT molecular complexity index is 351. The van der Waals surface area contributed by atoms with Crippen molar-refractivity contribution >= 4 is 23.1 Å². The molecule has 0 bridgehead atoms. The zero-order valence-corrected chi connectivity index (χ0v) is 12.5. The number of aryl methyl sites for hydroxylation is 1. The van der Waals surface area contributed by atoms with Crippen LogP contribution in [-0.4, -0.2) is 23.3 Å². The van der Waals surface area contributed by atoms with Crippen LogP contribution in [0.4, 0.5) is 0 Å². The summed E-state index contributed by atoms with van der Waals surface area (Å²) in [5.74, 6) is 0.915. The van der Waals surface area contributed by atoms with Gasteiger partial charge in [0.05, 0.1) is 0 Å². The summed E-state index contributed by atoms with van der Waals surface area (Å²) in [4.78, 5) is 4.58. The lowest BCUT2D eigenvalue weighted by molar-refractivity contribution is 0.304. The molecular formula is C13H22N2S2. The molecule has 2 rings (SSSR count). The van der Waals surface area contributed by atoms with Crippen LogP contribution in [0.15, 0.2) is 9.72 Å². The van der Waals surface area contributed by atoms with Gasteiger partial charge in [0.1, 0.15) is 4.34 Å². The number of thiazole rings is 1. The molecular weight excluding hydrogens is 248 g/mol. The Morgan fingerprint density at radius 2 is 2.35 bits per heavy atom. The van der Waals surface area contributed by atoms with Crippen LogP contribution in [0.1, 0.15) is 38.3 Å². The molecule has 17 heavy (non-hydrogen) atoms. The summed E-state index contributed by atoms with van der Waals surface area (Å²) in [6, 6.07) is 0.659. The summed E-state index contributed by atoms with van der Waals surface area (Å²) >= 11 is 3.77. The molecule has 0 amide bonds. The molecule has 3 atom stereocenters. The number of hydrogen-bond acceptors (Lipinski definition) is 4. The van der Waals surface area contributed by atoms with Gasteiger partial charge in [-0.2, -0.15) is 0 Å². The molecule has 1 N–H and O–H groups in total. The Kier molecular flexibility index (Phi) is 4.88. The monoisotopic (exact) mass is 270 g/mol. The average Bonchev–Trinajstić information content (AvgIpc) is 2.74. The molecule has 0 aliphatic heterocycles. The number of hydrogen-bond donors (Lipinski definition) is 1. The second-order valence-corrected chi connectivity index (χ2v) is 7.24. The van der Waals surface area contributed by atoms with Crippen molar-refractivity contribution in [2.45, 2.75) is 55.2 Å². The highest BCUT2D eigenvalue weighted by atomic mass is 32.2. The fourth-order valence-corrected chi connectivity index (χ4v) is 5.08. The van der Waals surface area contributed by atoms with Gasteiger partial charge in [-0.05, 0) is 39.2 Å². The van der Waals surface area contributed by atoms with Crippen LogP contribution in [0.2, 0.25) is 0 Å². The van der Waals surface area contributed by atoms with Crippen molar-refractivity contribution in [1.82, 2.24) is 10.3 Å². The molecule has 0 radical (unpaired) electrons. The van der Waals surface area contributed by atoms with Crippen LogP contribution in [0.3, 0.4) is 0 Å². The maximum atomic E-state index is 4.58. The summed E-state index contributed by atoms with van der Waals surface area (Å²) in [6.45, 7) is 4.39. The van der Waals surface area contributed by atoms with E-state index in [4.69, 9.17) is 0 Å². The van der Waals surface area contributed by atoms with Gasteiger partial charge in [-0.25, -0.2) is 4.98 Å². The first-order valence-corrected chi connectivity index (χ1v) is 8.25. The second-order valence-electron chi connectivity index (χ2n) is 4.89. The van der Waals surface area contributed by atoms with Gasteiger partial charge in [-0.15, -0.1) is 11.3 Å². The number of nitrogens with one attached hydrogen (secondary N) is 1. The Morgan fingerprint density at radius 1 is 1.53 bits per heavy atom. The van der Waals surface area contributed by atoms with E-state index in [2.05, 4.69) is 36.6 Å². The van der Waals surface area contributed by atoms with E-state index in [0.717, 1.165) is 11.6 Å². The van der Waals surface area contributed by atoms with E-state index in [1.54, 1.807) is 11.3 Å². The zero-order chi connectivity index (χ0) is 12.3. The normalized spacial score (nSPS) is 29.5. The summed E-state index contributed by atoms with van der Waals surface area (Å²) in [5, 5.41) is 6.33. The van der Waals surface area contributed by atoms with Crippen molar-refractivity contribution < 1.29 is 0 Å². The summed E-state index contributed by atoms with van der Waals surface area (Å²) < 4.78 is 1.24. The van der Waals surface area contributed by atoms with E-state index in [1.165, 1.54) is 30.0 Å². The van der Waals surface area contributed by atoms with E-state index < -0.39 is 0 Å². The summed E-state index contributed by atoms with van der Waals surface area (Å²) in [7, 11) is 2.09. The molecule has 1 aromatic heterocycles. The highest BCUT2D eigenvalue weighted by Crippen LogP contribution is 2.38. The Hall–Kier alpha value is -0.0600. The van der Waals surface area contributed by atoms with E-state index in [0.29, 0.717) is 11.3 Å². The first-order chi connectivity index (χ1) is 8.22. The lowest BCUT2D eigenvalue weighted by atomic mass is 9.84. The van der Waals surface area contributed by atoms with Gasteiger partial charge in [0.2, 0.25) is 0 Å².